The number of hydrogen-bond donors (Lipinski definition) is 2. The fourth-order valence-corrected chi connectivity index (χ4v) is 9.02. The fourth-order valence-electron chi connectivity index (χ4n) is 9.02. The number of hydrogen-bond acceptors (Lipinski definition) is 5. The first-order valence-electron chi connectivity index (χ1n) is 13.3. The Morgan fingerprint density at radius 1 is 1.17 bits per heavy atom. The molecule has 0 radical (unpaired) electrons. The molecule has 2 N–H and O–H groups in total. The molecule has 0 heterocycles. The number of esters is 1. The second-order valence-corrected chi connectivity index (χ2v) is 12.9. The molecule has 2 fully saturated rings. The summed E-state index contributed by atoms with van der Waals surface area (Å²) in [5.74, 6) is -1.26. The number of fused-ring (bicyclic) bond motifs is 5. The molecule has 4 aliphatic carbocycles. The summed E-state index contributed by atoms with van der Waals surface area (Å²) in [6.45, 7) is 13.9. The van der Waals surface area contributed by atoms with E-state index in [0.29, 0.717) is 6.42 Å². The van der Waals surface area contributed by atoms with Gasteiger partial charge in [-0.15, -0.1) is 0 Å². The van der Waals surface area contributed by atoms with Gasteiger partial charge >= 0.3 is 11.9 Å². The summed E-state index contributed by atoms with van der Waals surface area (Å²) in [6, 6.07) is 0. The topological polar surface area (TPSA) is 101 Å². The summed E-state index contributed by atoms with van der Waals surface area (Å²) in [5, 5.41) is 21.2. The van der Waals surface area contributed by atoms with E-state index in [0.717, 1.165) is 19.3 Å². The van der Waals surface area contributed by atoms with Gasteiger partial charge in [-0.25, -0.2) is 0 Å². The van der Waals surface area contributed by atoms with Crippen molar-refractivity contribution in [3.05, 3.63) is 35.5 Å². The second-order valence-electron chi connectivity index (χ2n) is 12.9. The number of carbonyl (C=O) groups is 3. The van der Waals surface area contributed by atoms with Crippen LogP contribution in [0.1, 0.15) is 80.6 Å². The molecule has 0 bridgehead atoms. The summed E-state index contributed by atoms with van der Waals surface area (Å²) in [5.41, 5.74) is 0.400. The van der Waals surface area contributed by atoms with Crippen LogP contribution in [0.4, 0.5) is 0 Å². The van der Waals surface area contributed by atoms with E-state index < -0.39 is 40.4 Å². The lowest BCUT2D eigenvalue weighted by molar-refractivity contribution is -0.228. The van der Waals surface area contributed by atoms with Crippen LogP contribution in [-0.2, 0) is 19.1 Å². The van der Waals surface area contributed by atoms with Gasteiger partial charge in [0.25, 0.3) is 0 Å². The highest BCUT2D eigenvalue weighted by atomic mass is 16.6. The minimum absolute atomic E-state index is 0.000784. The van der Waals surface area contributed by atoms with Gasteiger partial charge in [0, 0.05) is 30.1 Å². The molecule has 0 aromatic heterocycles. The van der Waals surface area contributed by atoms with Crippen molar-refractivity contribution in [1.29, 1.82) is 0 Å². The Balaban J connectivity index is 1.80. The smallest absolute Gasteiger partial charge is 0.303 e. The minimum Gasteiger partial charge on any atom is -0.481 e. The van der Waals surface area contributed by atoms with Crippen LogP contribution in [0.2, 0.25) is 0 Å². The average Bonchev–Trinajstić information content (AvgIpc) is 3.12. The van der Waals surface area contributed by atoms with Gasteiger partial charge in [-0.2, -0.15) is 0 Å². The number of carboxylic acids is 1. The Hall–Kier alpha value is -2.21. The van der Waals surface area contributed by atoms with Crippen molar-refractivity contribution >= 4 is 17.7 Å². The third kappa shape index (κ3) is 3.66. The Bertz CT molecular complexity index is 1070. The first kappa shape index (κ1) is 26.8. The molecule has 0 spiro atoms. The maximum Gasteiger partial charge on any atom is 0.303 e. The molecule has 2 saturated carbocycles. The Morgan fingerprint density at radius 3 is 2.44 bits per heavy atom. The quantitative estimate of drug-likeness (QED) is 0.396. The van der Waals surface area contributed by atoms with Crippen molar-refractivity contribution in [3.63, 3.8) is 0 Å². The standard InChI is InChI=1S/C30H42O6/c1-17(9-8-10-23(33)34)19-11-12-20-28(19,5)15-13-21-29(6)16-14-22(32)27(3,4)25(29)24(36-18(2)31)26(35)30(20,21)7/h9,12,14,16,19,21,24-26,35H,8,10-11,13,15H2,1-7H3,(H,33,34)/b17-9+/t19-,21+,24-,25+,26+,28-,29+,30-/m0/s1. The third-order valence-electron chi connectivity index (χ3n) is 10.6. The lowest BCUT2D eigenvalue weighted by atomic mass is 9.38. The highest BCUT2D eigenvalue weighted by Crippen LogP contribution is 2.72. The van der Waals surface area contributed by atoms with Crippen molar-refractivity contribution in [2.45, 2.75) is 92.8 Å². The highest BCUT2D eigenvalue weighted by molar-refractivity contribution is 5.96. The van der Waals surface area contributed by atoms with E-state index in [1.54, 1.807) is 6.08 Å². The number of aliphatic hydroxyl groups is 1. The molecule has 0 aromatic rings. The van der Waals surface area contributed by atoms with E-state index in [4.69, 9.17) is 9.84 Å². The Labute approximate surface area is 214 Å². The number of rotatable bonds is 5. The minimum atomic E-state index is -0.941. The number of ketones is 1. The van der Waals surface area contributed by atoms with Gasteiger partial charge in [-0.3, -0.25) is 14.4 Å². The van der Waals surface area contributed by atoms with E-state index >= 15 is 0 Å². The molecule has 0 saturated heterocycles. The summed E-state index contributed by atoms with van der Waals surface area (Å²) in [6.07, 6.45) is 9.63. The van der Waals surface area contributed by atoms with Crippen molar-refractivity contribution in [3.8, 4) is 0 Å². The van der Waals surface area contributed by atoms with Gasteiger partial charge in [0.2, 0.25) is 0 Å². The van der Waals surface area contributed by atoms with E-state index in [1.807, 2.05) is 19.9 Å². The zero-order chi connectivity index (χ0) is 26.8. The molecule has 4 aliphatic rings. The van der Waals surface area contributed by atoms with Gasteiger partial charge in [-0.1, -0.05) is 64.0 Å². The normalized spacial score (nSPS) is 43.2. The molecule has 0 aliphatic heterocycles. The molecular weight excluding hydrogens is 456 g/mol. The highest BCUT2D eigenvalue weighted by Gasteiger charge is 2.71. The lowest BCUT2D eigenvalue weighted by Crippen LogP contribution is -2.70. The van der Waals surface area contributed by atoms with E-state index in [2.05, 4.69) is 39.8 Å². The second kappa shape index (κ2) is 8.68. The summed E-state index contributed by atoms with van der Waals surface area (Å²) >= 11 is 0. The van der Waals surface area contributed by atoms with Crippen LogP contribution in [0, 0.1) is 39.4 Å². The number of carbonyl (C=O) groups excluding carboxylic acids is 2. The van der Waals surface area contributed by atoms with Crippen LogP contribution in [0.3, 0.4) is 0 Å². The Morgan fingerprint density at radius 2 is 1.83 bits per heavy atom. The summed E-state index contributed by atoms with van der Waals surface area (Å²) in [7, 11) is 0. The molecule has 198 valence electrons. The number of ether oxygens (including phenoxy) is 1. The van der Waals surface area contributed by atoms with Crippen LogP contribution in [0.25, 0.3) is 0 Å². The van der Waals surface area contributed by atoms with Crippen LogP contribution in [0.15, 0.2) is 35.5 Å². The largest absolute Gasteiger partial charge is 0.481 e. The van der Waals surface area contributed by atoms with Crippen LogP contribution >= 0.6 is 0 Å². The molecule has 0 unspecified atom stereocenters. The first-order chi connectivity index (χ1) is 16.6. The van der Waals surface area contributed by atoms with Crippen LogP contribution < -0.4 is 0 Å². The van der Waals surface area contributed by atoms with E-state index in [9.17, 15) is 19.5 Å². The van der Waals surface area contributed by atoms with Crippen LogP contribution in [-0.4, -0.2) is 40.1 Å². The molecule has 0 amide bonds. The summed E-state index contributed by atoms with van der Waals surface area (Å²) in [4.78, 5) is 36.3. The predicted octanol–water partition coefficient (Wildman–Crippen LogP) is 5.26. The fraction of sp³-hybridized carbons (Fsp3) is 0.700. The molecule has 4 rings (SSSR count). The van der Waals surface area contributed by atoms with Crippen molar-refractivity contribution in [1.82, 2.24) is 0 Å². The van der Waals surface area contributed by atoms with Crippen molar-refractivity contribution in [2.24, 2.45) is 39.4 Å². The number of carboxylic acid groups (broad SMARTS) is 1. The molecular formula is C30H42O6. The molecule has 6 heteroatoms. The van der Waals surface area contributed by atoms with E-state index in [-0.39, 0.29) is 35.4 Å². The molecule has 6 nitrogen and oxygen atoms in total. The van der Waals surface area contributed by atoms with E-state index in [1.165, 1.54) is 18.1 Å². The maximum absolute atomic E-state index is 13.0. The number of aliphatic hydroxyl groups excluding tert-OH is 1. The SMILES string of the molecule is CC(=O)O[C@H]1[C@@H]2C(C)(C)C(=O)C=C[C@]2(C)[C@H]2CC[C@]3(C)C(=CC[C@H]3/C(C)=C/CCC(=O)O)[C@]2(C)[C@@H]1O. The van der Waals surface area contributed by atoms with Gasteiger partial charge in [-0.05, 0) is 61.3 Å². The lowest BCUT2D eigenvalue weighted by Gasteiger charge is -2.67. The molecule has 36 heavy (non-hydrogen) atoms. The Kier molecular flexibility index (Phi) is 6.47. The van der Waals surface area contributed by atoms with Gasteiger partial charge in [0.05, 0.1) is 0 Å². The monoisotopic (exact) mass is 498 g/mol. The van der Waals surface area contributed by atoms with Crippen molar-refractivity contribution in [2.75, 3.05) is 0 Å². The zero-order valence-corrected chi connectivity index (χ0v) is 22.8. The first-order valence-corrected chi connectivity index (χ1v) is 13.3. The average molecular weight is 499 g/mol. The zero-order valence-electron chi connectivity index (χ0n) is 22.8. The number of aliphatic carboxylic acids is 1. The van der Waals surface area contributed by atoms with Gasteiger partial charge in [0.1, 0.15) is 12.2 Å². The van der Waals surface area contributed by atoms with Gasteiger partial charge < -0.3 is 14.9 Å². The third-order valence-corrected chi connectivity index (χ3v) is 10.6. The predicted molar refractivity (Wildman–Crippen MR) is 137 cm³/mol. The maximum atomic E-state index is 13.0. The van der Waals surface area contributed by atoms with Crippen molar-refractivity contribution < 1.29 is 29.3 Å². The van der Waals surface area contributed by atoms with Gasteiger partial charge in [0.15, 0.2) is 5.78 Å². The van der Waals surface area contributed by atoms with Crippen LogP contribution in [0.5, 0.6) is 0 Å². The number of allylic oxidation sites excluding steroid dienone is 5. The molecule has 0 aromatic carbocycles. The summed E-state index contributed by atoms with van der Waals surface area (Å²) < 4.78 is 5.90. The molecule has 8 atom stereocenters.